The van der Waals surface area contributed by atoms with Gasteiger partial charge in [0.05, 0.1) is 47.1 Å². The van der Waals surface area contributed by atoms with Gasteiger partial charge in [0.25, 0.3) is 5.91 Å². The summed E-state index contributed by atoms with van der Waals surface area (Å²) in [6.45, 7) is 3.24. The van der Waals surface area contributed by atoms with Gasteiger partial charge in [-0.05, 0) is 39.7 Å². The molecular weight excluding hydrogens is 472 g/mol. The number of carbonyl (C=O) groups excluding carboxylic acids is 1. The summed E-state index contributed by atoms with van der Waals surface area (Å²) < 4.78 is 11.7. The van der Waals surface area contributed by atoms with Crippen LogP contribution in [0, 0.1) is 11.3 Å². The SMILES string of the molecule is N#Cc1ccccc1COc1c(Cl)cc(/C=N/NC(=O)CN2CCOCC2)cc1Br. The van der Waals surface area contributed by atoms with Gasteiger partial charge in [0.1, 0.15) is 6.61 Å². The first-order valence-corrected chi connectivity index (χ1v) is 10.5. The summed E-state index contributed by atoms with van der Waals surface area (Å²) in [6, 6.07) is 12.8. The zero-order valence-electron chi connectivity index (χ0n) is 16.1. The van der Waals surface area contributed by atoms with Crippen molar-refractivity contribution in [2.24, 2.45) is 5.10 Å². The topological polar surface area (TPSA) is 86.9 Å². The van der Waals surface area contributed by atoms with Crippen molar-refractivity contribution in [2.45, 2.75) is 6.61 Å². The predicted molar refractivity (Wildman–Crippen MR) is 118 cm³/mol. The maximum atomic E-state index is 12.0. The van der Waals surface area contributed by atoms with E-state index in [4.69, 9.17) is 21.1 Å². The Hall–Kier alpha value is -2.44. The summed E-state index contributed by atoms with van der Waals surface area (Å²) in [5.41, 5.74) is 4.55. The highest BCUT2D eigenvalue weighted by Crippen LogP contribution is 2.34. The second-order valence-electron chi connectivity index (χ2n) is 6.55. The van der Waals surface area contributed by atoms with Gasteiger partial charge in [0.2, 0.25) is 0 Å². The van der Waals surface area contributed by atoms with Crippen molar-refractivity contribution in [3.63, 3.8) is 0 Å². The summed E-state index contributed by atoms with van der Waals surface area (Å²) in [5.74, 6) is 0.285. The highest BCUT2D eigenvalue weighted by Gasteiger charge is 2.14. The van der Waals surface area contributed by atoms with Crippen LogP contribution in [0.3, 0.4) is 0 Å². The molecule has 0 unspecified atom stereocenters. The summed E-state index contributed by atoms with van der Waals surface area (Å²) in [5, 5.41) is 13.6. The number of benzene rings is 2. The number of halogens is 2. The molecule has 1 amide bonds. The number of nitrogens with one attached hydrogen (secondary N) is 1. The van der Waals surface area contributed by atoms with Crippen LogP contribution in [0.5, 0.6) is 5.75 Å². The zero-order chi connectivity index (χ0) is 21.3. The normalized spacial score (nSPS) is 14.4. The lowest BCUT2D eigenvalue weighted by Crippen LogP contribution is -2.42. The molecule has 0 radical (unpaired) electrons. The number of hydrogen-bond donors (Lipinski definition) is 1. The Labute approximate surface area is 188 Å². The quantitative estimate of drug-likeness (QED) is 0.474. The van der Waals surface area contributed by atoms with Crippen molar-refractivity contribution in [3.8, 4) is 11.8 Å². The molecule has 0 atom stereocenters. The molecule has 0 spiro atoms. The smallest absolute Gasteiger partial charge is 0.254 e. The molecule has 0 aliphatic carbocycles. The van der Waals surface area contributed by atoms with Crippen LogP contribution in [0.25, 0.3) is 0 Å². The first-order chi connectivity index (χ1) is 14.6. The van der Waals surface area contributed by atoms with E-state index in [0.29, 0.717) is 39.6 Å². The minimum absolute atomic E-state index is 0.186. The van der Waals surface area contributed by atoms with Gasteiger partial charge >= 0.3 is 0 Å². The van der Waals surface area contributed by atoms with Crippen LogP contribution in [0.2, 0.25) is 5.02 Å². The van der Waals surface area contributed by atoms with Crippen LogP contribution in [-0.4, -0.2) is 49.9 Å². The molecule has 30 heavy (non-hydrogen) atoms. The fourth-order valence-electron chi connectivity index (χ4n) is 2.87. The number of hydrazone groups is 1. The Morgan fingerprint density at radius 3 is 2.87 bits per heavy atom. The monoisotopic (exact) mass is 490 g/mol. The van der Waals surface area contributed by atoms with Gasteiger partial charge in [-0.25, -0.2) is 5.43 Å². The zero-order valence-corrected chi connectivity index (χ0v) is 18.4. The van der Waals surface area contributed by atoms with Gasteiger partial charge in [-0.15, -0.1) is 0 Å². The Bertz CT molecular complexity index is 948. The third kappa shape index (κ3) is 6.28. The fourth-order valence-corrected chi connectivity index (χ4v) is 3.86. The molecule has 2 aromatic rings. The largest absolute Gasteiger partial charge is 0.486 e. The number of morpholine rings is 1. The lowest BCUT2D eigenvalue weighted by Gasteiger charge is -2.25. The summed E-state index contributed by atoms with van der Waals surface area (Å²) >= 11 is 9.81. The number of rotatable bonds is 7. The van der Waals surface area contributed by atoms with Crippen molar-refractivity contribution < 1.29 is 14.3 Å². The number of carbonyl (C=O) groups is 1. The number of hydrogen-bond acceptors (Lipinski definition) is 6. The molecule has 156 valence electrons. The molecule has 1 heterocycles. The number of nitriles is 1. The van der Waals surface area contributed by atoms with E-state index in [2.05, 4.69) is 32.5 Å². The molecule has 3 rings (SSSR count). The van der Waals surface area contributed by atoms with Crippen molar-refractivity contribution in [3.05, 3.63) is 62.6 Å². The molecule has 7 nitrogen and oxygen atoms in total. The van der Waals surface area contributed by atoms with E-state index in [1.165, 1.54) is 6.21 Å². The first-order valence-electron chi connectivity index (χ1n) is 9.28. The van der Waals surface area contributed by atoms with Crippen LogP contribution in [0.15, 0.2) is 46.0 Å². The van der Waals surface area contributed by atoms with E-state index < -0.39 is 0 Å². The summed E-state index contributed by atoms with van der Waals surface area (Å²) in [4.78, 5) is 14.0. The molecule has 0 bridgehead atoms. The van der Waals surface area contributed by atoms with Crippen molar-refractivity contribution in [1.82, 2.24) is 10.3 Å². The number of amides is 1. The van der Waals surface area contributed by atoms with Crippen molar-refractivity contribution in [1.29, 1.82) is 5.26 Å². The molecule has 0 aromatic heterocycles. The molecular formula is C21H20BrClN4O3. The Balaban J connectivity index is 1.58. The van der Waals surface area contributed by atoms with Crippen LogP contribution in [0.4, 0.5) is 0 Å². The second-order valence-corrected chi connectivity index (χ2v) is 7.81. The van der Waals surface area contributed by atoms with E-state index in [1.807, 2.05) is 17.0 Å². The van der Waals surface area contributed by atoms with Gasteiger partial charge in [-0.3, -0.25) is 9.69 Å². The van der Waals surface area contributed by atoms with Gasteiger partial charge in [0, 0.05) is 18.7 Å². The lowest BCUT2D eigenvalue weighted by molar-refractivity contribution is -0.123. The summed E-state index contributed by atoms with van der Waals surface area (Å²) in [6.07, 6.45) is 1.52. The molecule has 1 saturated heterocycles. The fraction of sp³-hybridized carbons (Fsp3) is 0.286. The van der Waals surface area contributed by atoms with E-state index in [0.717, 1.165) is 18.7 Å². The van der Waals surface area contributed by atoms with E-state index >= 15 is 0 Å². The first kappa shape index (κ1) is 22.2. The molecule has 1 N–H and O–H groups in total. The predicted octanol–water partition coefficient (Wildman–Crippen LogP) is 3.34. The van der Waals surface area contributed by atoms with Crippen LogP contribution in [-0.2, 0) is 16.1 Å². The second kappa shape index (κ2) is 11.1. The Morgan fingerprint density at radius 2 is 2.13 bits per heavy atom. The molecule has 2 aromatic carbocycles. The third-order valence-corrected chi connectivity index (χ3v) is 5.27. The maximum Gasteiger partial charge on any atom is 0.254 e. The van der Waals surface area contributed by atoms with E-state index in [1.54, 1.807) is 24.3 Å². The van der Waals surface area contributed by atoms with Crippen molar-refractivity contribution in [2.75, 3.05) is 32.8 Å². The Morgan fingerprint density at radius 1 is 1.37 bits per heavy atom. The van der Waals surface area contributed by atoms with E-state index in [-0.39, 0.29) is 19.1 Å². The van der Waals surface area contributed by atoms with Crippen LogP contribution < -0.4 is 10.2 Å². The van der Waals surface area contributed by atoms with Crippen molar-refractivity contribution >= 4 is 39.7 Å². The Kier molecular flexibility index (Phi) is 8.22. The maximum absolute atomic E-state index is 12.0. The standard InChI is InChI=1S/C21H20BrClN4O3/c22-18-9-15(12-25-26-20(28)13-27-5-7-29-8-6-27)10-19(23)21(18)30-14-17-4-2-1-3-16(17)11-24/h1-4,9-10,12H,5-8,13-14H2,(H,26,28)/b25-12+. The highest BCUT2D eigenvalue weighted by molar-refractivity contribution is 9.10. The minimum atomic E-state index is -0.186. The molecule has 1 aliphatic rings. The molecule has 1 fully saturated rings. The van der Waals surface area contributed by atoms with Gasteiger partial charge in [-0.2, -0.15) is 10.4 Å². The van der Waals surface area contributed by atoms with E-state index in [9.17, 15) is 10.1 Å². The molecule has 9 heteroatoms. The number of ether oxygens (including phenoxy) is 2. The van der Waals surface area contributed by atoms with Crippen LogP contribution in [0.1, 0.15) is 16.7 Å². The molecule has 0 saturated carbocycles. The average Bonchev–Trinajstić information content (AvgIpc) is 2.74. The minimum Gasteiger partial charge on any atom is -0.486 e. The number of nitrogens with zero attached hydrogens (tertiary/aromatic N) is 3. The van der Waals surface area contributed by atoms with Gasteiger partial charge in [-0.1, -0.05) is 29.8 Å². The van der Waals surface area contributed by atoms with Gasteiger partial charge in [0.15, 0.2) is 5.75 Å². The average molecular weight is 492 g/mol. The van der Waals surface area contributed by atoms with Gasteiger partial charge < -0.3 is 9.47 Å². The highest BCUT2D eigenvalue weighted by atomic mass is 79.9. The lowest BCUT2D eigenvalue weighted by atomic mass is 10.1. The summed E-state index contributed by atoms with van der Waals surface area (Å²) in [7, 11) is 0. The molecule has 1 aliphatic heterocycles. The third-order valence-electron chi connectivity index (χ3n) is 4.40. The van der Waals surface area contributed by atoms with Crippen LogP contribution >= 0.6 is 27.5 Å².